The second kappa shape index (κ2) is 5.67. The Bertz CT molecular complexity index is 838. The van der Waals surface area contributed by atoms with Crippen LogP contribution < -0.4 is 10.6 Å². The van der Waals surface area contributed by atoms with Crippen molar-refractivity contribution in [3.63, 3.8) is 0 Å². The summed E-state index contributed by atoms with van der Waals surface area (Å²) in [6.07, 6.45) is 4.58. The molecule has 0 unspecified atom stereocenters. The van der Waals surface area contributed by atoms with E-state index in [4.69, 9.17) is 0 Å². The number of thiazole rings is 1. The number of hydrogen-bond acceptors (Lipinski definition) is 7. The predicted octanol–water partition coefficient (Wildman–Crippen LogP) is 1.57. The zero-order valence-electron chi connectivity index (χ0n) is 14.0. The molecule has 8 heteroatoms. The van der Waals surface area contributed by atoms with Gasteiger partial charge in [-0.25, -0.2) is 9.97 Å². The Morgan fingerprint density at radius 3 is 3.12 bits per heavy atom. The van der Waals surface area contributed by atoms with Crippen LogP contribution in [0.5, 0.6) is 0 Å². The zero-order valence-corrected chi connectivity index (χ0v) is 14.8. The second-order valence-electron chi connectivity index (χ2n) is 7.08. The van der Waals surface area contributed by atoms with E-state index in [1.54, 1.807) is 11.3 Å². The highest BCUT2D eigenvalue weighted by Gasteiger charge is 2.39. The minimum absolute atomic E-state index is 0.122. The molecule has 1 saturated carbocycles. The Morgan fingerprint density at radius 1 is 1.40 bits per heavy atom. The summed E-state index contributed by atoms with van der Waals surface area (Å²) in [5.74, 6) is 1.15. The molecular formula is C17H20N6OS. The highest BCUT2D eigenvalue weighted by Crippen LogP contribution is 2.34. The lowest BCUT2D eigenvalue weighted by atomic mass is 9.85. The standard InChI is InChI=1S/C17H20N6OS/c1-22-9-23(8-10-5-14(24)21-15(10)22)12-6-11(7-12)19-17-20-13-3-2-4-18-16(13)25-17/h2-4,11-12H,5-9H2,1H3,(H,19,20)(H,21,24). The van der Waals surface area contributed by atoms with Gasteiger partial charge < -0.3 is 15.5 Å². The number of hydrogen-bond donors (Lipinski definition) is 2. The summed E-state index contributed by atoms with van der Waals surface area (Å²) in [6.45, 7) is 1.78. The number of aromatic nitrogens is 2. The third-order valence-electron chi connectivity index (χ3n) is 5.26. The molecule has 0 bridgehead atoms. The van der Waals surface area contributed by atoms with Crippen molar-refractivity contribution in [2.75, 3.05) is 25.6 Å². The maximum absolute atomic E-state index is 11.6. The molecule has 1 amide bonds. The molecule has 1 aliphatic carbocycles. The van der Waals surface area contributed by atoms with Gasteiger partial charge in [-0.05, 0) is 30.5 Å². The van der Waals surface area contributed by atoms with E-state index in [9.17, 15) is 4.79 Å². The highest BCUT2D eigenvalue weighted by molar-refractivity contribution is 7.21. The van der Waals surface area contributed by atoms with Crippen molar-refractivity contribution in [3.05, 3.63) is 29.7 Å². The molecular weight excluding hydrogens is 336 g/mol. The fourth-order valence-corrected chi connectivity index (χ4v) is 4.82. The minimum Gasteiger partial charge on any atom is -0.359 e. The van der Waals surface area contributed by atoms with Gasteiger partial charge in [0.05, 0.1) is 13.1 Å². The topological polar surface area (TPSA) is 73.4 Å². The number of amides is 1. The third-order valence-corrected chi connectivity index (χ3v) is 6.17. The number of nitrogens with zero attached hydrogens (tertiary/aromatic N) is 4. The fraction of sp³-hybridized carbons (Fsp3) is 0.471. The molecule has 2 aromatic heterocycles. The maximum atomic E-state index is 11.6. The minimum atomic E-state index is 0.122. The molecule has 0 radical (unpaired) electrons. The predicted molar refractivity (Wildman–Crippen MR) is 97.0 cm³/mol. The molecule has 130 valence electrons. The van der Waals surface area contributed by atoms with Gasteiger partial charge in [0.2, 0.25) is 5.91 Å². The van der Waals surface area contributed by atoms with Crippen LogP contribution in [0.2, 0.25) is 0 Å². The highest BCUT2D eigenvalue weighted by atomic mass is 32.1. The van der Waals surface area contributed by atoms with Crippen molar-refractivity contribution < 1.29 is 4.79 Å². The normalized spacial score (nSPS) is 26.6. The molecule has 7 nitrogen and oxygen atoms in total. The van der Waals surface area contributed by atoms with Crippen LogP contribution in [0, 0.1) is 0 Å². The molecule has 4 heterocycles. The SMILES string of the molecule is CN1CN(C2CC(Nc3nc4cccnc4s3)C2)CC2=C1NC(=O)C2. The first kappa shape index (κ1) is 15.1. The smallest absolute Gasteiger partial charge is 0.229 e. The van der Waals surface area contributed by atoms with Crippen LogP contribution in [-0.2, 0) is 4.79 Å². The van der Waals surface area contributed by atoms with Crippen molar-refractivity contribution in [1.82, 2.24) is 25.1 Å². The first-order valence-electron chi connectivity index (χ1n) is 8.61. The van der Waals surface area contributed by atoms with E-state index in [2.05, 4.69) is 37.4 Å². The summed E-state index contributed by atoms with van der Waals surface area (Å²) in [7, 11) is 2.05. The van der Waals surface area contributed by atoms with Crippen molar-refractivity contribution >= 4 is 32.7 Å². The fourth-order valence-electron chi connectivity index (χ4n) is 3.93. The van der Waals surface area contributed by atoms with Crippen LogP contribution in [0.25, 0.3) is 10.3 Å². The largest absolute Gasteiger partial charge is 0.359 e. The molecule has 2 N–H and O–H groups in total. The Hall–Kier alpha value is -2.19. The maximum Gasteiger partial charge on any atom is 0.229 e. The van der Waals surface area contributed by atoms with Gasteiger partial charge in [-0.3, -0.25) is 9.69 Å². The lowest BCUT2D eigenvalue weighted by Gasteiger charge is -2.46. The molecule has 5 rings (SSSR count). The Balaban J connectivity index is 1.20. The second-order valence-corrected chi connectivity index (χ2v) is 8.05. The van der Waals surface area contributed by atoms with Crippen LogP contribution >= 0.6 is 11.3 Å². The van der Waals surface area contributed by atoms with Gasteiger partial charge in [-0.1, -0.05) is 11.3 Å². The van der Waals surface area contributed by atoms with Gasteiger partial charge in [-0.15, -0.1) is 0 Å². The van der Waals surface area contributed by atoms with Crippen molar-refractivity contribution in [2.45, 2.75) is 31.3 Å². The van der Waals surface area contributed by atoms with Gasteiger partial charge in [-0.2, -0.15) is 0 Å². The number of carbonyl (C=O) groups is 1. The van der Waals surface area contributed by atoms with E-state index in [1.807, 2.05) is 18.3 Å². The number of rotatable bonds is 3. The molecule has 1 fully saturated rings. The molecule has 0 atom stereocenters. The van der Waals surface area contributed by atoms with Crippen LogP contribution in [0.3, 0.4) is 0 Å². The van der Waals surface area contributed by atoms with Gasteiger partial charge in [0.25, 0.3) is 0 Å². The van der Waals surface area contributed by atoms with Crippen LogP contribution in [-0.4, -0.2) is 58.0 Å². The first-order valence-corrected chi connectivity index (χ1v) is 9.42. The van der Waals surface area contributed by atoms with E-state index < -0.39 is 0 Å². The van der Waals surface area contributed by atoms with E-state index in [0.29, 0.717) is 18.5 Å². The molecule has 0 aromatic carbocycles. The Morgan fingerprint density at radius 2 is 2.28 bits per heavy atom. The summed E-state index contributed by atoms with van der Waals surface area (Å²) < 4.78 is 0. The van der Waals surface area contributed by atoms with Gasteiger partial charge in [0.1, 0.15) is 16.2 Å². The lowest BCUT2D eigenvalue weighted by Crippen LogP contribution is -2.55. The summed E-state index contributed by atoms with van der Waals surface area (Å²) in [5, 5.41) is 7.48. The number of pyridine rings is 1. The molecule has 3 aliphatic rings. The molecule has 2 aliphatic heterocycles. The van der Waals surface area contributed by atoms with Gasteiger partial charge >= 0.3 is 0 Å². The average Bonchev–Trinajstić information content (AvgIpc) is 3.12. The molecule has 2 aromatic rings. The third kappa shape index (κ3) is 2.65. The zero-order chi connectivity index (χ0) is 17.0. The number of carbonyl (C=O) groups excluding carboxylic acids is 1. The average molecular weight is 356 g/mol. The van der Waals surface area contributed by atoms with Crippen LogP contribution in [0.4, 0.5) is 5.13 Å². The lowest BCUT2D eigenvalue weighted by molar-refractivity contribution is -0.119. The van der Waals surface area contributed by atoms with Crippen LogP contribution in [0.15, 0.2) is 29.7 Å². The monoisotopic (exact) mass is 356 g/mol. The number of anilines is 1. The Kier molecular flexibility index (Phi) is 3.42. The first-order chi connectivity index (χ1) is 12.2. The Labute approximate surface area is 149 Å². The quantitative estimate of drug-likeness (QED) is 0.870. The summed E-state index contributed by atoms with van der Waals surface area (Å²) >= 11 is 1.62. The van der Waals surface area contributed by atoms with Crippen molar-refractivity contribution in [1.29, 1.82) is 0 Å². The van der Waals surface area contributed by atoms with E-state index in [1.165, 1.54) is 5.57 Å². The van der Waals surface area contributed by atoms with E-state index >= 15 is 0 Å². The summed E-state index contributed by atoms with van der Waals surface area (Å²) in [5.41, 5.74) is 2.19. The van der Waals surface area contributed by atoms with Gasteiger partial charge in [0, 0.05) is 31.9 Å². The summed E-state index contributed by atoms with van der Waals surface area (Å²) in [4.78, 5) is 26.2. The number of nitrogens with one attached hydrogen (secondary N) is 2. The van der Waals surface area contributed by atoms with Crippen molar-refractivity contribution in [2.24, 2.45) is 0 Å². The van der Waals surface area contributed by atoms with E-state index in [0.717, 1.165) is 47.4 Å². The van der Waals surface area contributed by atoms with Crippen LogP contribution in [0.1, 0.15) is 19.3 Å². The summed E-state index contributed by atoms with van der Waals surface area (Å²) in [6, 6.07) is 4.95. The van der Waals surface area contributed by atoms with E-state index in [-0.39, 0.29) is 5.91 Å². The molecule has 0 spiro atoms. The number of fused-ring (bicyclic) bond motifs is 1. The van der Waals surface area contributed by atoms with Crippen molar-refractivity contribution in [3.8, 4) is 0 Å². The molecule has 25 heavy (non-hydrogen) atoms. The van der Waals surface area contributed by atoms with Gasteiger partial charge in [0.15, 0.2) is 5.13 Å². The molecule has 0 saturated heterocycles.